The molecule has 0 aliphatic heterocycles. The second kappa shape index (κ2) is 29.4. The number of phosphoric ester groups is 1. The minimum Gasteiger partial charge on any atom is -0.462 e. The second-order valence-corrected chi connectivity index (χ2v) is 12.6. The highest BCUT2D eigenvalue weighted by Crippen LogP contribution is 2.43. The fourth-order valence-corrected chi connectivity index (χ4v) is 5.07. The molecule has 0 amide bonds. The molecule has 0 aromatic heterocycles. The summed E-state index contributed by atoms with van der Waals surface area (Å²) >= 11 is 0. The lowest BCUT2D eigenvalue weighted by Crippen LogP contribution is -2.29. The minimum atomic E-state index is -4.60. The van der Waals surface area contributed by atoms with Crippen LogP contribution in [0.2, 0.25) is 0 Å². The lowest BCUT2D eigenvalue weighted by atomic mass is 10.1. The summed E-state index contributed by atoms with van der Waals surface area (Å²) in [5.74, 6) is -0.951. The number of hydrogen-bond acceptors (Lipinski definition) is 9. The first-order chi connectivity index (χ1) is 20.7. The maximum absolute atomic E-state index is 12.4. The Labute approximate surface area is 260 Å². The molecule has 0 aromatic carbocycles. The van der Waals surface area contributed by atoms with Crippen molar-refractivity contribution in [3.63, 3.8) is 0 Å². The molecular weight excluding hydrogens is 575 g/mol. The number of allylic oxidation sites excluding steroid dienone is 2. The van der Waals surface area contributed by atoms with Gasteiger partial charge in [-0.1, -0.05) is 103 Å². The summed E-state index contributed by atoms with van der Waals surface area (Å²) in [7, 11) is -4.60. The van der Waals surface area contributed by atoms with E-state index in [1.165, 1.54) is 57.8 Å². The molecule has 0 spiro atoms. The van der Waals surface area contributed by atoms with Crippen molar-refractivity contribution in [2.75, 3.05) is 26.4 Å². The van der Waals surface area contributed by atoms with Crippen LogP contribution in [0.5, 0.6) is 0 Å². The number of rotatable bonds is 31. The van der Waals surface area contributed by atoms with Gasteiger partial charge in [0.2, 0.25) is 0 Å². The maximum atomic E-state index is 12.4. The molecule has 1 unspecified atom stereocenters. The van der Waals surface area contributed by atoms with E-state index in [2.05, 4.69) is 30.5 Å². The predicted molar refractivity (Wildman–Crippen MR) is 168 cm³/mol. The van der Waals surface area contributed by atoms with Crippen LogP contribution in [-0.4, -0.2) is 65.7 Å². The number of phosphoric acid groups is 1. The van der Waals surface area contributed by atoms with Crippen LogP contribution >= 0.6 is 7.82 Å². The minimum absolute atomic E-state index is 0.182. The Balaban J connectivity index is 4.41. The average molecular weight is 637 g/mol. The van der Waals surface area contributed by atoms with Gasteiger partial charge in [-0.25, -0.2) is 4.57 Å². The molecule has 0 aromatic rings. The third-order valence-corrected chi connectivity index (χ3v) is 7.87. The predicted octanol–water partition coefficient (Wildman–Crippen LogP) is 7.33. The lowest BCUT2D eigenvalue weighted by Gasteiger charge is -2.20. The molecule has 0 aliphatic rings. The van der Waals surface area contributed by atoms with E-state index in [4.69, 9.17) is 19.1 Å². The first-order valence-electron chi connectivity index (χ1n) is 16.6. The van der Waals surface area contributed by atoms with E-state index >= 15 is 0 Å². The Morgan fingerprint density at radius 3 is 1.70 bits per heavy atom. The van der Waals surface area contributed by atoms with Crippen molar-refractivity contribution in [2.24, 2.45) is 0 Å². The van der Waals surface area contributed by atoms with Crippen molar-refractivity contribution in [3.05, 3.63) is 12.2 Å². The molecule has 0 heterocycles. The Kier molecular flexibility index (Phi) is 28.5. The summed E-state index contributed by atoms with van der Waals surface area (Å²) in [5, 5.41) is 18.2. The van der Waals surface area contributed by atoms with E-state index in [0.29, 0.717) is 12.8 Å². The zero-order chi connectivity index (χ0) is 32.0. The third-order valence-electron chi connectivity index (χ3n) is 6.92. The zero-order valence-electron chi connectivity index (χ0n) is 26.9. The van der Waals surface area contributed by atoms with Crippen LogP contribution in [0.3, 0.4) is 0 Å². The van der Waals surface area contributed by atoms with Crippen molar-refractivity contribution >= 4 is 19.8 Å². The topological polar surface area (TPSA) is 149 Å². The highest BCUT2D eigenvalue weighted by molar-refractivity contribution is 7.47. The van der Waals surface area contributed by atoms with Gasteiger partial charge in [0.1, 0.15) is 12.7 Å². The highest BCUT2D eigenvalue weighted by atomic mass is 31.2. The largest absolute Gasteiger partial charge is 0.472 e. The molecule has 0 rings (SSSR count). The van der Waals surface area contributed by atoms with Gasteiger partial charge in [0.15, 0.2) is 6.10 Å². The van der Waals surface area contributed by atoms with E-state index in [0.717, 1.165) is 44.9 Å². The normalized spacial score (nSPS) is 14.4. The molecule has 10 nitrogen and oxygen atoms in total. The van der Waals surface area contributed by atoms with Crippen molar-refractivity contribution in [3.8, 4) is 0 Å². The van der Waals surface area contributed by atoms with E-state index in [9.17, 15) is 24.2 Å². The van der Waals surface area contributed by atoms with E-state index < -0.39 is 51.8 Å². The van der Waals surface area contributed by atoms with Gasteiger partial charge in [-0.3, -0.25) is 18.6 Å². The SMILES string of the molecule is CCCCCCCC/C=C/CCCCCC(=O)OC[C@@H](COP(=O)(O)OC[C@H](O)CO)OC(=O)CCCCCCCCC. The van der Waals surface area contributed by atoms with E-state index in [-0.39, 0.29) is 19.4 Å². The first kappa shape index (κ1) is 41.7. The molecule has 0 aliphatic carbocycles. The van der Waals surface area contributed by atoms with Crippen LogP contribution in [0, 0.1) is 0 Å². The molecule has 0 fully saturated rings. The fourth-order valence-electron chi connectivity index (χ4n) is 4.28. The summed E-state index contributed by atoms with van der Waals surface area (Å²) < 4.78 is 32.3. The number of carbonyl (C=O) groups excluding carboxylic acids is 2. The van der Waals surface area contributed by atoms with E-state index in [1.54, 1.807) is 0 Å². The Bertz CT molecular complexity index is 746. The summed E-state index contributed by atoms with van der Waals surface area (Å²) in [5.41, 5.74) is 0. The summed E-state index contributed by atoms with van der Waals surface area (Å²) in [4.78, 5) is 34.5. The molecule has 11 heteroatoms. The van der Waals surface area contributed by atoms with Gasteiger partial charge in [-0.2, -0.15) is 0 Å². The number of carbonyl (C=O) groups is 2. The van der Waals surface area contributed by atoms with Crippen LogP contribution in [0.15, 0.2) is 12.2 Å². The smallest absolute Gasteiger partial charge is 0.462 e. The van der Waals surface area contributed by atoms with Crippen LogP contribution in [0.4, 0.5) is 0 Å². The van der Waals surface area contributed by atoms with Crippen molar-refractivity contribution < 1.29 is 47.8 Å². The fraction of sp³-hybridized carbons (Fsp3) is 0.875. The molecule has 0 saturated heterocycles. The lowest BCUT2D eigenvalue weighted by molar-refractivity contribution is -0.161. The van der Waals surface area contributed by atoms with Crippen LogP contribution < -0.4 is 0 Å². The number of unbranched alkanes of at least 4 members (excludes halogenated alkanes) is 15. The summed E-state index contributed by atoms with van der Waals surface area (Å²) in [6.07, 6.45) is 22.1. The van der Waals surface area contributed by atoms with Gasteiger partial charge >= 0.3 is 19.8 Å². The standard InChI is InChI=1S/C32H61O10P/c1-3-5-7-9-11-12-13-14-15-16-18-19-21-23-31(35)39-27-30(28-41-43(37,38)40-26-29(34)25-33)42-32(36)24-22-20-17-10-8-6-4-2/h14-15,29-30,33-34H,3-13,16-28H2,1-2H3,(H,37,38)/b15-14+/t29-,30+/m1/s1. The number of hydrogen-bond donors (Lipinski definition) is 3. The number of aliphatic hydroxyl groups excluding tert-OH is 2. The molecule has 3 N–H and O–H groups in total. The Morgan fingerprint density at radius 1 is 0.674 bits per heavy atom. The Hall–Kier alpha value is -1.29. The van der Waals surface area contributed by atoms with Crippen LogP contribution in [-0.2, 0) is 32.7 Å². The quantitative estimate of drug-likeness (QED) is 0.0306. The number of esters is 2. The number of aliphatic hydroxyl groups is 2. The van der Waals surface area contributed by atoms with Gasteiger partial charge in [0, 0.05) is 12.8 Å². The summed E-state index contributed by atoms with van der Waals surface area (Å²) in [6, 6.07) is 0. The van der Waals surface area contributed by atoms with Gasteiger partial charge in [-0.15, -0.1) is 0 Å². The van der Waals surface area contributed by atoms with Crippen molar-refractivity contribution in [1.29, 1.82) is 0 Å². The summed E-state index contributed by atoms with van der Waals surface area (Å²) in [6.45, 7) is 2.27. The number of ether oxygens (including phenoxy) is 2. The van der Waals surface area contributed by atoms with Crippen molar-refractivity contribution in [1.82, 2.24) is 0 Å². The third kappa shape index (κ3) is 29.2. The molecule has 3 atom stereocenters. The van der Waals surface area contributed by atoms with Crippen molar-refractivity contribution in [2.45, 2.75) is 154 Å². The van der Waals surface area contributed by atoms with Crippen LogP contribution in [0.1, 0.15) is 142 Å². The second-order valence-electron chi connectivity index (χ2n) is 11.2. The molecule has 0 bridgehead atoms. The first-order valence-corrected chi connectivity index (χ1v) is 18.1. The average Bonchev–Trinajstić information content (AvgIpc) is 2.99. The molecule has 0 saturated carbocycles. The van der Waals surface area contributed by atoms with Crippen LogP contribution in [0.25, 0.3) is 0 Å². The molecule has 254 valence electrons. The highest BCUT2D eigenvalue weighted by Gasteiger charge is 2.27. The zero-order valence-corrected chi connectivity index (χ0v) is 27.8. The Morgan fingerprint density at radius 2 is 1.14 bits per heavy atom. The monoisotopic (exact) mass is 636 g/mol. The molecular formula is C32H61O10P. The van der Waals surface area contributed by atoms with E-state index in [1.807, 2.05) is 0 Å². The molecule has 43 heavy (non-hydrogen) atoms. The van der Waals surface area contributed by atoms with Gasteiger partial charge in [0.05, 0.1) is 19.8 Å². The molecule has 0 radical (unpaired) electrons. The van der Waals surface area contributed by atoms with Gasteiger partial charge < -0.3 is 24.6 Å². The van der Waals surface area contributed by atoms with Gasteiger partial charge in [-0.05, 0) is 38.5 Å². The van der Waals surface area contributed by atoms with Gasteiger partial charge in [0.25, 0.3) is 0 Å². The maximum Gasteiger partial charge on any atom is 0.472 e.